The van der Waals surface area contributed by atoms with E-state index in [-0.39, 0.29) is 6.04 Å². The van der Waals surface area contributed by atoms with Gasteiger partial charge in [-0.25, -0.2) is 0 Å². The van der Waals surface area contributed by atoms with Crippen LogP contribution in [0.25, 0.3) is 0 Å². The van der Waals surface area contributed by atoms with E-state index >= 15 is 0 Å². The van der Waals surface area contributed by atoms with Crippen LogP contribution in [0, 0.1) is 29.6 Å². The van der Waals surface area contributed by atoms with E-state index < -0.39 is 0 Å². The van der Waals surface area contributed by atoms with E-state index in [4.69, 9.17) is 0 Å². The Balaban J connectivity index is 1.52. The fourth-order valence-electron chi connectivity index (χ4n) is 5.37. The van der Waals surface area contributed by atoms with Gasteiger partial charge in [-0.05, 0) is 55.8 Å². The van der Waals surface area contributed by atoms with Crippen LogP contribution in [0.2, 0.25) is 0 Å². The lowest BCUT2D eigenvalue weighted by atomic mass is 9.51. The largest absolute Gasteiger partial charge is 0.306 e. The Bertz CT molecular complexity index is 322. The average Bonchev–Trinajstić information content (AvgIpc) is 2.38. The molecular weight excluding hydrogens is 242 g/mol. The first-order valence-electron chi connectivity index (χ1n) is 7.66. The highest BCUT2D eigenvalue weighted by atomic mass is 32.2. The van der Waals surface area contributed by atoms with Crippen LogP contribution in [0.1, 0.15) is 32.1 Å². The Hall–Kier alpha value is -0.0200. The second kappa shape index (κ2) is 4.52. The maximum Gasteiger partial charge on any atom is 0.154 e. The van der Waals surface area contributed by atoms with Crippen LogP contribution in [-0.4, -0.2) is 29.9 Å². The standard InChI is InChI=1S/C15H23NOS/c17-15(13-8-18-2-1-16-13)14-11-4-9-3-10(6-11)7-12(14)5-9/h9-14,16H,1-8H2. The molecule has 1 heterocycles. The van der Waals surface area contributed by atoms with Gasteiger partial charge in [0.15, 0.2) is 5.78 Å². The fourth-order valence-corrected chi connectivity index (χ4v) is 6.32. The van der Waals surface area contributed by atoms with E-state index in [1.54, 1.807) is 0 Å². The van der Waals surface area contributed by atoms with Gasteiger partial charge >= 0.3 is 0 Å². The monoisotopic (exact) mass is 265 g/mol. The number of rotatable bonds is 2. The molecule has 4 bridgehead atoms. The van der Waals surface area contributed by atoms with Crippen LogP contribution >= 0.6 is 11.8 Å². The summed E-state index contributed by atoms with van der Waals surface area (Å²) in [5.41, 5.74) is 0. The first kappa shape index (κ1) is 11.8. The maximum absolute atomic E-state index is 12.8. The molecule has 0 aromatic rings. The summed E-state index contributed by atoms with van der Waals surface area (Å²) < 4.78 is 0. The summed E-state index contributed by atoms with van der Waals surface area (Å²) in [6.45, 7) is 1.02. The first-order chi connectivity index (χ1) is 8.81. The molecule has 3 heteroatoms. The Morgan fingerprint density at radius 3 is 2.22 bits per heavy atom. The van der Waals surface area contributed by atoms with Crippen molar-refractivity contribution in [3.8, 4) is 0 Å². The number of carbonyl (C=O) groups excluding carboxylic acids is 1. The second-order valence-corrected chi connectivity index (χ2v) is 8.09. The van der Waals surface area contributed by atoms with Gasteiger partial charge in [0.25, 0.3) is 0 Å². The van der Waals surface area contributed by atoms with Crippen LogP contribution < -0.4 is 5.32 Å². The summed E-state index contributed by atoms with van der Waals surface area (Å²) in [7, 11) is 0. The van der Waals surface area contributed by atoms with Crippen molar-refractivity contribution in [3.05, 3.63) is 0 Å². The lowest BCUT2D eigenvalue weighted by molar-refractivity contribution is -0.137. The molecule has 4 saturated carbocycles. The number of Topliss-reactive ketones (excluding diaryl/α,β-unsaturated/α-hetero) is 1. The third-order valence-electron chi connectivity index (χ3n) is 5.82. The van der Waals surface area contributed by atoms with E-state index in [1.165, 1.54) is 37.9 Å². The van der Waals surface area contributed by atoms with Crippen LogP contribution in [0.15, 0.2) is 0 Å². The molecule has 0 spiro atoms. The zero-order valence-electron chi connectivity index (χ0n) is 10.9. The van der Waals surface area contributed by atoms with Gasteiger partial charge in [0.05, 0.1) is 6.04 Å². The molecule has 0 amide bonds. The summed E-state index contributed by atoms with van der Waals surface area (Å²) in [6, 6.07) is 0.172. The average molecular weight is 265 g/mol. The Labute approximate surface area is 114 Å². The molecule has 5 rings (SSSR count). The molecule has 1 aliphatic heterocycles. The smallest absolute Gasteiger partial charge is 0.154 e. The van der Waals surface area contributed by atoms with Gasteiger partial charge in [0.1, 0.15) is 0 Å². The molecule has 5 aliphatic rings. The molecule has 100 valence electrons. The minimum absolute atomic E-state index is 0.172. The maximum atomic E-state index is 12.8. The molecule has 0 radical (unpaired) electrons. The van der Waals surface area contributed by atoms with Gasteiger partial charge in [0.2, 0.25) is 0 Å². The topological polar surface area (TPSA) is 29.1 Å². The molecule has 1 N–H and O–H groups in total. The molecule has 1 atom stereocenters. The highest BCUT2D eigenvalue weighted by Gasteiger charge is 2.51. The molecule has 2 nitrogen and oxygen atoms in total. The molecule has 0 aromatic carbocycles. The lowest BCUT2D eigenvalue weighted by Crippen LogP contribution is -2.54. The van der Waals surface area contributed by atoms with Crippen LogP contribution in [0.3, 0.4) is 0 Å². The van der Waals surface area contributed by atoms with Crippen molar-refractivity contribution >= 4 is 17.5 Å². The highest BCUT2D eigenvalue weighted by molar-refractivity contribution is 7.99. The van der Waals surface area contributed by atoms with Crippen molar-refractivity contribution in [2.45, 2.75) is 38.1 Å². The van der Waals surface area contributed by atoms with Crippen molar-refractivity contribution in [3.63, 3.8) is 0 Å². The number of hydrogen-bond donors (Lipinski definition) is 1. The van der Waals surface area contributed by atoms with E-state index in [0.717, 1.165) is 36.0 Å². The van der Waals surface area contributed by atoms with Crippen molar-refractivity contribution in [2.75, 3.05) is 18.1 Å². The third kappa shape index (κ3) is 1.85. The summed E-state index contributed by atoms with van der Waals surface area (Å²) in [5.74, 6) is 6.65. The summed E-state index contributed by atoms with van der Waals surface area (Å²) in [5, 5.41) is 3.46. The molecule has 1 unspecified atom stereocenters. The minimum atomic E-state index is 0.172. The van der Waals surface area contributed by atoms with Crippen molar-refractivity contribution in [1.82, 2.24) is 5.32 Å². The molecule has 18 heavy (non-hydrogen) atoms. The van der Waals surface area contributed by atoms with Gasteiger partial charge in [-0.3, -0.25) is 4.79 Å². The molecular formula is C15H23NOS. The number of hydrogen-bond acceptors (Lipinski definition) is 3. The second-order valence-electron chi connectivity index (χ2n) is 6.94. The van der Waals surface area contributed by atoms with Gasteiger partial charge in [-0.2, -0.15) is 11.8 Å². The minimum Gasteiger partial charge on any atom is -0.306 e. The molecule has 5 fully saturated rings. The van der Waals surface area contributed by atoms with Gasteiger partial charge in [-0.1, -0.05) is 0 Å². The van der Waals surface area contributed by atoms with Crippen LogP contribution in [-0.2, 0) is 4.79 Å². The van der Waals surface area contributed by atoms with Crippen molar-refractivity contribution in [2.24, 2.45) is 29.6 Å². The van der Waals surface area contributed by atoms with Gasteiger partial charge in [0, 0.05) is 24.0 Å². The first-order valence-corrected chi connectivity index (χ1v) is 8.81. The van der Waals surface area contributed by atoms with Gasteiger partial charge in [-0.15, -0.1) is 0 Å². The zero-order chi connectivity index (χ0) is 12.1. The van der Waals surface area contributed by atoms with E-state index in [0.29, 0.717) is 11.7 Å². The quantitative estimate of drug-likeness (QED) is 0.831. The van der Waals surface area contributed by atoms with Gasteiger partial charge < -0.3 is 5.32 Å². The predicted octanol–water partition coefficient (Wildman–Crippen LogP) is 2.33. The number of nitrogens with one attached hydrogen (secondary N) is 1. The van der Waals surface area contributed by atoms with Crippen LogP contribution in [0.4, 0.5) is 0 Å². The Morgan fingerprint density at radius 1 is 1.00 bits per heavy atom. The molecule has 0 aromatic heterocycles. The van der Waals surface area contributed by atoms with Crippen molar-refractivity contribution in [1.29, 1.82) is 0 Å². The SMILES string of the molecule is O=C(C1CSCCN1)C1C2CC3CC(C2)CC1C3. The fraction of sp³-hybridized carbons (Fsp3) is 0.933. The number of ketones is 1. The number of carbonyl (C=O) groups is 1. The van der Waals surface area contributed by atoms with Crippen LogP contribution in [0.5, 0.6) is 0 Å². The highest BCUT2D eigenvalue weighted by Crippen LogP contribution is 2.56. The van der Waals surface area contributed by atoms with Crippen molar-refractivity contribution < 1.29 is 4.79 Å². The van der Waals surface area contributed by atoms with E-state index in [2.05, 4.69) is 5.32 Å². The summed E-state index contributed by atoms with van der Waals surface area (Å²) in [6.07, 6.45) is 6.94. The summed E-state index contributed by atoms with van der Waals surface area (Å²) >= 11 is 1.95. The number of thioether (sulfide) groups is 1. The van der Waals surface area contributed by atoms with E-state index in [1.807, 2.05) is 11.8 Å². The normalized spacial score (nSPS) is 50.4. The summed E-state index contributed by atoms with van der Waals surface area (Å²) in [4.78, 5) is 12.8. The Kier molecular flexibility index (Phi) is 2.96. The Morgan fingerprint density at radius 2 is 1.67 bits per heavy atom. The molecule has 4 aliphatic carbocycles. The lowest BCUT2D eigenvalue weighted by Gasteiger charge is -2.54. The van der Waals surface area contributed by atoms with E-state index in [9.17, 15) is 4.79 Å². The zero-order valence-corrected chi connectivity index (χ0v) is 11.8. The predicted molar refractivity (Wildman–Crippen MR) is 74.7 cm³/mol. The third-order valence-corrected chi connectivity index (χ3v) is 6.88. The molecule has 1 saturated heterocycles.